The fraction of sp³-hybridized carbons (Fsp3) is 0.471. The van der Waals surface area contributed by atoms with Crippen LogP contribution < -0.4 is 4.74 Å². The lowest BCUT2D eigenvalue weighted by Gasteiger charge is -2.27. The van der Waals surface area contributed by atoms with Gasteiger partial charge in [0.15, 0.2) is 6.61 Å². The van der Waals surface area contributed by atoms with E-state index < -0.39 is 12.4 Å². The van der Waals surface area contributed by atoms with Gasteiger partial charge in [-0.15, -0.1) is 23.2 Å². The summed E-state index contributed by atoms with van der Waals surface area (Å²) in [4.78, 5) is 14.3. The number of alkyl halides is 2. The molecule has 1 unspecified atom stereocenters. The molecule has 1 aromatic heterocycles. The van der Waals surface area contributed by atoms with Crippen molar-refractivity contribution in [2.45, 2.75) is 13.2 Å². The molecule has 160 valence electrons. The average Bonchev–Trinajstić information content (AvgIpc) is 3.06. The Morgan fingerprint density at radius 1 is 1.21 bits per heavy atom. The van der Waals surface area contributed by atoms with Crippen molar-refractivity contribution in [2.24, 2.45) is 7.05 Å². The van der Waals surface area contributed by atoms with Gasteiger partial charge in [-0.3, -0.25) is 4.57 Å². The Balaban J connectivity index is 1.91. The summed E-state index contributed by atoms with van der Waals surface area (Å²) in [5.74, 6) is 1.59. The van der Waals surface area contributed by atoms with Gasteiger partial charge in [-0.2, -0.15) is 0 Å². The van der Waals surface area contributed by atoms with Crippen LogP contribution in [0.4, 0.5) is 5.82 Å². The first kappa shape index (κ1) is 23.6. The van der Waals surface area contributed by atoms with Gasteiger partial charge in [0.1, 0.15) is 11.9 Å². The van der Waals surface area contributed by atoms with Crippen LogP contribution in [-0.4, -0.2) is 50.7 Å². The molecule has 0 N–H and O–H groups in total. The molecule has 0 aliphatic carbocycles. The van der Waals surface area contributed by atoms with Gasteiger partial charge in [0, 0.05) is 31.5 Å². The summed E-state index contributed by atoms with van der Waals surface area (Å²) in [5.41, 5.74) is 0.823. The van der Waals surface area contributed by atoms with E-state index in [1.165, 1.54) is 10.8 Å². The monoisotopic (exact) mass is 464 g/mol. The third-order valence-corrected chi connectivity index (χ3v) is 6.58. The third kappa shape index (κ3) is 6.69. The summed E-state index contributed by atoms with van der Waals surface area (Å²) >= 11 is 11.5. The summed E-state index contributed by atoms with van der Waals surface area (Å²) in [5, 5.41) is 10.8. The van der Waals surface area contributed by atoms with Gasteiger partial charge in [0.05, 0.1) is 13.7 Å². The quantitative estimate of drug-likeness (QED) is 0.202. The third-order valence-electron chi connectivity index (χ3n) is 4.21. The highest BCUT2D eigenvalue weighted by Crippen LogP contribution is 2.47. The predicted molar refractivity (Wildman–Crippen MR) is 112 cm³/mol. The molecule has 0 saturated heterocycles. The molecule has 29 heavy (non-hydrogen) atoms. The summed E-state index contributed by atoms with van der Waals surface area (Å²) in [6.45, 7) is 2.67. The molecule has 2 rings (SSSR count). The van der Waals surface area contributed by atoms with Crippen molar-refractivity contribution in [3.63, 3.8) is 0 Å². The van der Waals surface area contributed by atoms with E-state index in [1.807, 2.05) is 0 Å². The molecule has 1 aromatic carbocycles. The molecule has 1 atom stereocenters. The Labute approximate surface area is 179 Å². The first-order valence-electron chi connectivity index (χ1n) is 8.74. The Bertz CT molecular complexity index is 856. The molecule has 0 amide bonds. The fourth-order valence-corrected chi connectivity index (χ4v) is 4.64. The maximum atomic E-state index is 12.8. The van der Waals surface area contributed by atoms with Gasteiger partial charge in [-0.1, -0.05) is 12.1 Å². The van der Waals surface area contributed by atoms with Crippen LogP contribution in [0.1, 0.15) is 11.4 Å². The lowest BCUT2D eigenvalue weighted by molar-refractivity contribution is -0.391. The minimum Gasteiger partial charge on any atom is -0.483 e. The topological polar surface area (TPSA) is 99.7 Å². The van der Waals surface area contributed by atoms with Crippen molar-refractivity contribution >= 4 is 36.5 Å². The highest BCUT2D eigenvalue weighted by Gasteiger charge is 2.25. The Morgan fingerprint density at radius 2 is 1.83 bits per heavy atom. The summed E-state index contributed by atoms with van der Waals surface area (Å²) in [6, 6.07) is 7.07. The molecule has 2 aromatic rings. The molecule has 0 spiro atoms. The van der Waals surface area contributed by atoms with E-state index in [1.54, 1.807) is 42.6 Å². The van der Waals surface area contributed by atoms with Crippen molar-refractivity contribution in [1.29, 1.82) is 0 Å². The minimum atomic E-state index is -3.01. The van der Waals surface area contributed by atoms with Crippen LogP contribution >= 0.6 is 30.7 Å². The molecule has 0 bridgehead atoms. The Hall–Kier alpha value is -1.64. The molecule has 1 heterocycles. The van der Waals surface area contributed by atoms with Gasteiger partial charge in [-0.05, 0) is 22.6 Å². The summed E-state index contributed by atoms with van der Waals surface area (Å²) in [7, 11) is -1.45. The summed E-state index contributed by atoms with van der Waals surface area (Å²) in [6.07, 6.45) is 1.19. The maximum Gasteiger partial charge on any atom is 0.342 e. The van der Waals surface area contributed by atoms with Crippen molar-refractivity contribution in [2.75, 3.05) is 31.5 Å². The van der Waals surface area contributed by atoms with Crippen molar-refractivity contribution in [3.05, 3.63) is 52.0 Å². The van der Waals surface area contributed by atoms with E-state index in [2.05, 4.69) is 4.98 Å². The summed E-state index contributed by atoms with van der Waals surface area (Å²) < 4.78 is 27.1. The van der Waals surface area contributed by atoms with E-state index in [9.17, 15) is 14.7 Å². The number of nitro groups is 1. The minimum absolute atomic E-state index is 0.0934. The van der Waals surface area contributed by atoms with Gasteiger partial charge < -0.3 is 19.4 Å². The van der Waals surface area contributed by atoms with Crippen LogP contribution in [0.5, 0.6) is 5.75 Å². The smallest absolute Gasteiger partial charge is 0.342 e. The lowest BCUT2D eigenvalue weighted by Crippen LogP contribution is -2.25. The highest BCUT2D eigenvalue weighted by atomic mass is 35.5. The van der Waals surface area contributed by atoms with Crippen LogP contribution in [0.25, 0.3) is 0 Å². The van der Waals surface area contributed by atoms with Crippen molar-refractivity contribution in [3.8, 4) is 5.75 Å². The number of aromatic nitrogens is 2. The number of imidazole rings is 1. The molecule has 0 aliphatic heterocycles. The number of hydrogen-bond acceptors (Lipinski definition) is 6. The van der Waals surface area contributed by atoms with E-state index in [4.69, 9.17) is 32.5 Å². The zero-order chi connectivity index (χ0) is 21.4. The maximum absolute atomic E-state index is 12.8. The molecule has 0 saturated carbocycles. The van der Waals surface area contributed by atoms with E-state index >= 15 is 0 Å². The number of rotatable bonds is 12. The van der Waals surface area contributed by atoms with E-state index in [0.29, 0.717) is 36.4 Å². The Morgan fingerprint density at radius 3 is 2.34 bits per heavy atom. The number of hydrogen-bond donors (Lipinski definition) is 0. The van der Waals surface area contributed by atoms with Crippen molar-refractivity contribution in [1.82, 2.24) is 14.2 Å². The first-order chi connectivity index (χ1) is 13.8. The molecule has 0 fully saturated rings. The van der Waals surface area contributed by atoms with E-state index in [-0.39, 0.29) is 19.0 Å². The second-order valence-corrected chi connectivity index (χ2v) is 9.38. The predicted octanol–water partition coefficient (Wildman–Crippen LogP) is 4.03. The molecular weight excluding hydrogens is 442 g/mol. The van der Waals surface area contributed by atoms with Crippen LogP contribution in [0, 0.1) is 10.1 Å². The number of nitrogens with zero attached hydrogens (tertiary/aromatic N) is 4. The molecular formula is C17H23Cl2N4O5P. The SMILES string of the molecule is Cn1c([N+](=O)[O-])cnc1COc1ccc(COP(C)(=O)N(CCCl)CCCl)cc1. The van der Waals surface area contributed by atoms with Crippen LogP contribution in [0.3, 0.4) is 0 Å². The van der Waals surface area contributed by atoms with E-state index in [0.717, 1.165) is 5.56 Å². The fourth-order valence-electron chi connectivity index (χ4n) is 2.52. The number of halogens is 2. The largest absolute Gasteiger partial charge is 0.483 e. The molecule has 0 radical (unpaired) electrons. The standard InChI is InChI=1S/C17H23Cl2N4O5P/c1-21-16(20-11-17(21)23(24)25)13-27-15-5-3-14(4-6-15)12-28-29(2,26)22(9-7-18)10-8-19/h3-6,11H,7-10,12-13H2,1-2H3. The van der Waals surface area contributed by atoms with Crippen LogP contribution in [0.2, 0.25) is 0 Å². The number of ether oxygens (including phenoxy) is 1. The second-order valence-electron chi connectivity index (χ2n) is 6.19. The molecule has 0 aliphatic rings. The lowest BCUT2D eigenvalue weighted by atomic mass is 10.2. The van der Waals surface area contributed by atoms with Gasteiger partial charge in [0.25, 0.3) is 7.52 Å². The molecule has 12 heteroatoms. The van der Waals surface area contributed by atoms with Gasteiger partial charge in [0.2, 0.25) is 5.82 Å². The zero-order valence-electron chi connectivity index (χ0n) is 16.2. The average molecular weight is 465 g/mol. The van der Waals surface area contributed by atoms with Crippen LogP contribution in [0.15, 0.2) is 30.5 Å². The normalized spacial score (nSPS) is 13.4. The second kappa shape index (κ2) is 10.9. The number of benzene rings is 1. The van der Waals surface area contributed by atoms with Crippen molar-refractivity contribution < 1.29 is 18.7 Å². The van der Waals surface area contributed by atoms with Gasteiger partial charge >= 0.3 is 5.82 Å². The highest BCUT2D eigenvalue weighted by molar-refractivity contribution is 7.55. The van der Waals surface area contributed by atoms with Gasteiger partial charge in [-0.25, -0.2) is 14.2 Å². The molecule has 9 nitrogen and oxygen atoms in total. The van der Waals surface area contributed by atoms with Crippen LogP contribution in [-0.2, 0) is 29.4 Å². The Kier molecular flexibility index (Phi) is 8.92. The zero-order valence-corrected chi connectivity index (χ0v) is 18.6. The first-order valence-corrected chi connectivity index (χ1v) is 11.8.